The number of fused-ring (bicyclic) bond motifs is 1. The molecule has 3 rings (SSSR count). The maximum absolute atomic E-state index is 12.0. The van der Waals surface area contributed by atoms with Gasteiger partial charge in [-0.15, -0.1) is 0 Å². The molecule has 1 amide bonds. The van der Waals surface area contributed by atoms with Gasteiger partial charge in [-0.05, 0) is 24.5 Å². The Kier molecular flexibility index (Phi) is 4.17. The van der Waals surface area contributed by atoms with Gasteiger partial charge in [0.05, 0.1) is 5.56 Å². The van der Waals surface area contributed by atoms with E-state index in [1.54, 1.807) is 12.1 Å². The molecule has 0 radical (unpaired) electrons. The van der Waals surface area contributed by atoms with Gasteiger partial charge < -0.3 is 9.47 Å². The van der Waals surface area contributed by atoms with E-state index in [2.05, 4.69) is 5.48 Å². The number of carbonyl (C=O) groups excluding carboxylic acids is 2. The zero-order valence-corrected chi connectivity index (χ0v) is 11.5. The van der Waals surface area contributed by atoms with Crippen LogP contribution < -0.4 is 5.48 Å². The Bertz CT molecular complexity index is 539. The lowest BCUT2D eigenvalue weighted by Crippen LogP contribution is -2.43. The lowest BCUT2D eigenvalue weighted by molar-refractivity contribution is -0.203. The lowest BCUT2D eigenvalue weighted by atomic mass is 9.98. The number of esters is 1. The molecule has 0 aliphatic carbocycles. The Labute approximate surface area is 122 Å². The first-order chi connectivity index (χ1) is 10.2. The number of cyclic esters (lactones) is 1. The van der Waals surface area contributed by atoms with Crippen molar-refractivity contribution < 1.29 is 23.9 Å². The molecular weight excluding hydrogens is 274 g/mol. The second-order valence-electron chi connectivity index (χ2n) is 5.14. The molecule has 2 aliphatic rings. The molecule has 2 heterocycles. The molecule has 6 heteroatoms. The summed E-state index contributed by atoms with van der Waals surface area (Å²) in [5.74, 6) is -0.946. The van der Waals surface area contributed by atoms with Crippen molar-refractivity contribution in [1.29, 1.82) is 0 Å². The maximum Gasteiger partial charge on any atom is 0.339 e. The van der Waals surface area contributed by atoms with Crippen molar-refractivity contribution in [2.24, 2.45) is 0 Å². The van der Waals surface area contributed by atoms with Crippen LogP contribution in [0.5, 0.6) is 0 Å². The van der Waals surface area contributed by atoms with Crippen molar-refractivity contribution in [3.05, 3.63) is 35.4 Å². The zero-order valence-electron chi connectivity index (χ0n) is 11.5. The summed E-state index contributed by atoms with van der Waals surface area (Å²) >= 11 is 0. The summed E-state index contributed by atoms with van der Waals surface area (Å²) in [5, 5.41) is 0. The molecule has 1 N–H and O–H groups in total. The maximum atomic E-state index is 12.0. The minimum absolute atomic E-state index is 0.350. The molecule has 0 unspecified atom stereocenters. The van der Waals surface area contributed by atoms with Crippen molar-refractivity contribution in [3.63, 3.8) is 0 Å². The van der Waals surface area contributed by atoms with Crippen molar-refractivity contribution >= 4 is 11.9 Å². The van der Waals surface area contributed by atoms with E-state index >= 15 is 0 Å². The zero-order chi connectivity index (χ0) is 14.7. The molecule has 2 atom stereocenters. The Morgan fingerprint density at radius 1 is 1.29 bits per heavy atom. The van der Waals surface area contributed by atoms with Gasteiger partial charge in [-0.25, -0.2) is 15.1 Å². The second-order valence-corrected chi connectivity index (χ2v) is 5.14. The van der Waals surface area contributed by atoms with E-state index in [9.17, 15) is 9.59 Å². The van der Waals surface area contributed by atoms with Gasteiger partial charge in [0.2, 0.25) is 0 Å². The Hall–Kier alpha value is -1.92. The lowest BCUT2D eigenvalue weighted by Gasteiger charge is -2.26. The third-order valence-electron chi connectivity index (χ3n) is 3.61. The number of hydrogen-bond donors (Lipinski definition) is 1. The van der Waals surface area contributed by atoms with Crippen LogP contribution in [0.4, 0.5) is 0 Å². The average Bonchev–Trinajstić information content (AvgIpc) is 2.53. The summed E-state index contributed by atoms with van der Waals surface area (Å²) < 4.78 is 10.5. The van der Waals surface area contributed by atoms with Crippen LogP contribution >= 0.6 is 0 Å². The van der Waals surface area contributed by atoms with Crippen LogP contribution in [0.15, 0.2) is 24.3 Å². The van der Waals surface area contributed by atoms with Crippen LogP contribution in [-0.2, 0) is 25.5 Å². The van der Waals surface area contributed by atoms with Crippen LogP contribution in [0.25, 0.3) is 0 Å². The average molecular weight is 291 g/mol. The molecule has 1 aromatic rings. The number of carbonyl (C=O) groups is 2. The largest absolute Gasteiger partial charge is 0.448 e. The van der Waals surface area contributed by atoms with Crippen molar-refractivity contribution in [2.75, 3.05) is 6.61 Å². The molecule has 6 nitrogen and oxygen atoms in total. The van der Waals surface area contributed by atoms with Crippen LogP contribution in [-0.4, -0.2) is 30.9 Å². The highest BCUT2D eigenvalue weighted by Gasteiger charge is 2.31. The monoisotopic (exact) mass is 291 g/mol. The van der Waals surface area contributed by atoms with Gasteiger partial charge in [-0.3, -0.25) is 4.79 Å². The molecule has 21 heavy (non-hydrogen) atoms. The second kappa shape index (κ2) is 6.24. The van der Waals surface area contributed by atoms with Gasteiger partial charge in [0, 0.05) is 19.4 Å². The number of amides is 1. The van der Waals surface area contributed by atoms with E-state index in [-0.39, 0.29) is 0 Å². The van der Waals surface area contributed by atoms with Crippen molar-refractivity contribution in [3.8, 4) is 0 Å². The van der Waals surface area contributed by atoms with Crippen LogP contribution in [0.1, 0.15) is 35.2 Å². The molecule has 0 bridgehead atoms. The number of hydroxylamine groups is 1. The predicted molar refractivity (Wildman–Crippen MR) is 72.2 cm³/mol. The van der Waals surface area contributed by atoms with E-state index in [0.717, 1.165) is 24.8 Å². The molecule has 0 saturated carbocycles. The summed E-state index contributed by atoms with van der Waals surface area (Å²) in [6, 6.07) is 7.11. The molecule has 1 fully saturated rings. The Balaban J connectivity index is 1.57. The number of rotatable bonds is 3. The van der Waals surface area contributed by atoms with Gasteiger partial charge >= 0.3 is 5.97 Å². The number of benzene rings is 1. The fourth-order valence-electron chi connectivity index (χ4n) is 2.47. The van der Waals surface area contributed by atoms with Gasteiger partial charge in [-0.1, -0.05) is 18.2 Å². The highest BCUT2D eigenvalue weighted by molar-refractivity contribution is 5.95. The SMILES string of the molecule is O=C1O[C@H](C(=O)NO[C@@H]2CCCCO2)Cc2ccccc21. The third-order valence-corrected chi connectivity index (χ3v) is 3.61. The molecule has 2 aliphatic heterocycles. The first-order valence-electron chi connectivity index (χ1n) is 7.10. The fraction of sp³-hybridized carbons (Fsp3) is 0.467. The molecular formula is C15H17NO5. The minimum Gasteiger partial charge on any atom is -0.448 e. The summed E-state index contributed by atoms with van der Waals surface area (Å²) in [6.45, 7) is 0.631. The smallest absolute Gasteiger partial charge is 0.339 e. The first-order valence-corrected chi connectivity index (χ1v) is 7.10. The van der Waals surface area contributed by atoms with Gasteiger partial charge in [-0.2, -0.15) is 0 Å². The van der Waals surface area contributed by atoms with E-state index < -0.39 is 24.3 Å². The van der Waals surface area contributed by atoms with Gasteiger partial charge in [0.15, 0.2) is 12.4 Å². The quantitative estimate of drug-likeness (QED) is 0.672. The van der Waals surface area contributed by atoms with E-state index in [0.29, 0.717) is 18.6 Å². The van der Waals surface area contributed by atoms with Crippen molar-refractivity contribution in [2.45, 2.75) is 38.1 Å². The highest BCUT2D eigenvalue weighted by atomic mass is 16.8. The van der Waals surface area contributed by atoms with E-state index in [1.165, 1.54) is 0 Å². The van der Waals surface area contributed by atoms with Gasteiger partial charge in [0.25, 0.3) is 5.91 Å². The summed E-state index contributed by atoms with van der Waals surface area (Å²) in [6.07, 6.45) is 1.82. The summed E-state index contributed by atoms with van der Waals surface area (Å²) in [5.41, 5.74) is 3.65. The molecule has 1 saturated heterocycles. The topological polar surface area (TPSA) is 73.9 Å². The first kappa shape index (κ1) is 14.0. The Morgan fingerprint density at radius 3 is 2.95 bits per heavy atom. The number of ether oxygens (including phenoxy) is 2. The van der Waals surface area contributed by atoms with Crippen LogP contribution in [0.3, 0.4) is 0 Å². The third kappa shape index (κ3) is 3.22. The summed E-state index contributed by atoms with van der Waals surface area (Å²) in [7, 11) is 0. The minimum atomic E-state index is -0.865. The highest BCUT2D eigenvalue weighted by Crippen LogP contribution is 2.20. The number of nitrogens with one attached hydrogen (secondary N) is 1. The normalized spacial score (nSPS) is 24.9. The van der Waals surface area contributed by atoms with E-state index in [1.807, 2.05) is 12.1 Å². The van der Waals surface area contributed by atoms with Crippen LogP contribution in [0, 0.1) is 0 Å². The molecule has 0 aromatic heterocycles. The Morgan fingerprint density at radius 2 is 2.14 bits per heavy atom. The predicted octanol–water partition coefficient (Wildman–Crippen LogP) is 1.34. The summed E-state index contributed by atoms with van der Waals surface area (Å²) in [4.78, 5) is 29.1. The van der Waals surface area contributed by atoms with Crippen molar-refractivity contribution in [1.82, 2.24) is 5.48 Å². The van der Waals surface area contributed by atoms with E-state index in [4.69, 9.17) is 14.3 Å². The van der Waals surface area contributed by atoms with Gasteiger partial charge in [0.1, 0.15) is 0 Å². The standard InChI is InChI=1S/C15H17NO5/c17-14(16-21-13-7-3-4-8-19-13)12-9-10-5-1-2-6-11(10)15(18)20-12/h1-2,5-6,12-13H,3-4,7-9H2,(H,16,17)/t12-,13+/m0/s1. The van der Waals surface area contributed by atoms with Crippen LogP contribution in [0.2, 0.25) is 0 Å². The number of hydrogen-bond acceptors (Lipinski definition) is 5. The fourth-order valence-corrected chi connectivity index (χ4v) is 2.47. The molecule has 1 aromatic carbocycles. The molecule has 112 valence electrons. The molecule has 0 spiro atoms.